The Hall–Kier alpha value is -1.10. The summed E-state index contributed by atoms with van der Waals surface area (Å²) in [5.74, 6) is -0.690. The predicted molar refractivity (Wildman–Crippen MR) is 48.6 cm³/mol. The zero-order valence-electron chi connectivity index (χ0n) is 8.41. The molecule has 5 heteroatoms. The van der Waals surface area contributed by atoms with Crippen LogP contribution in [0.15, 0.2) is 0 Å². The molecule has 5 nitrogen and oxygen atoms in total. The molecular formula is C9H15NO4. The van der Waals surface area contributed by atoms with E-state index in [-0.39, 0.29) is 24.1 Å². The van der Waals surface area contributed by atoms with Crippen molar-refractivity contribution < 1.29 is 19.1 Å². The van der Waals surface area contributed by atoms with Crippen LogP contribution < -0.4 is 5.32 Å². The Bertz CT molecular complexity index is 205. The van der Waals surface area contributed by atoms with Crippen molar-refractivity contribution in [1.82, 2.24) is 5.32 Å². The van der Waals surface area contributed by atoms with Crippen LogP contribution in [-0.2, 0) is 19.1 Å². The summed E-state index contributed by atoms with van der Waals surface area (Å²) in [6.07, 6.45) is 0.0140. The summed E-state index contributed by atoms with van der Waals surface area (Å²) >= 11 is 0. The fourth-order valence-corrected chi connectivity index (χ4v) is 1.48. The minimum atomic E-state index is -0.356. The van der Waals surface area contributed by atoms with E-state index in [0.29, 0.717) is 13.0 Å². The number of rotatable bonds is 2. The van der Waals surface area contributed by atoms with E-state index in [2.05, 4.69) is 5.32 Å². The third-order valence-corrected chi connectivity index (χ3v) is 2.00. The number of piperidine rings is 1. The zero-order chi connectivity index (χ0) is 10.6. The lowest BCUT2D eigenvalue weighted by Crippen LogP contribution is -2.48. The summed E-state index contributed by atoms with van der Waals surface area (Å²) < 4.78 is 10.1. The topological polar surface area (TPSA) is 64.6 Å². The van der Waals surface area contributed by atoms with Gasteiger partial charge in [-0.25, -0.2) is 0 Å². The number of hydrogen-bond acceptors (Lipinski definition) is 5. The van der Waals surface area contributed by atoms with Crippen LogP contribution in [0.25, 0.3) is 0 Å². The first-order valence-electron chi connectivity index (χ1n) is 4.64. The second-order valence-electron chi connectivity index (χ2n) is 3.29. The molecule has 1 aliphatic rings. The standard InChI is InChI=1S/C9H15NO4/c1-6(11)13-8-3-4-10-5-9(8)14-7(2)12/h8-10H,3-5H2,1-2H3/t8-,9-/m0/s1. The molecule has 1 N–H and O–H groups in total. The second-order valence-corrected chi connectivity index (χ2v) is 3.29. The number of nitrogens with one attached hydrogen (secondary N) is 1. The summed E-state index contributed by atoms with van der Waals surface area (Å²) in [6, 6.07) is 0. The molecule has 2 atom stereocenters. The average molecular weight is 201 g/mol. The molecule has 0 unspecified atom stereocenters. The first-order valence-corrected chi connectivity index (χ1v) is 4.64. The minimum Gasteiger partial charge on any atom is -0.459 e. The maximum atomic E-state index is 10.8. The van der Waals surface area contributed by atoms with Crippen molar-refractivity contribution in [3.8, 4) is 0 Å². The van der Waals surface area contributed by atoms with E-state index < -0.39 is 0 Å². The molecule has 0 saturated carbocycles. The third-order valence-electron chi connectivity index (χ3n) is 2.00. The lowest BCUT2D eigenvalue weighted by Gasteiger charge is -2.30. The van der Waals surface area contributed by atoms with Crippen molar-refractivity contribution in [3.63, 3.8) is 0 Å². The highest BCUT2D eigenvalue weighted by atomic mass is 16.6. The van der Waals surface area contributed by atoms with E-state index in [4.69, 9.17) is 9.47 Å². The molecular weight excluding hydrogens is 186 g/mol. The summed E-state index contributed by atoms with van der Waals surface area (Å²) in [7, 11) is 0. The predicted octanol–water partition coefficient (Wildman–Crippen LogP) is -0.157. The number of carbonyl (C=O) groups excluding carboxylic acids is 2. The molecule has 14 heavy (non-hydrogen) atoms. The average Bonchev–Trinajstić information content (AvgIpc) is 2.06. The summed E-state index contributed by atoms with van der Waals surface area (Å²) in [5, 5.41) is 3.07. The molecule has 0 spiro atoms. The van der Waals surface area contributed by atoms with Gasteiger partial charge in [0.1, 0.15) is 6.10 Å². The van der Waals surface area contributed by atoms with Crippen LogP contribution in [0.1, 0.15) is 20.3 Å². The Balaban J connectivity index is 2.49. The lowest BCUT2D eigenvalue weighted by atomic mass is 10.1. The number of ether oxygens (including phenoxy) is 2. The number of esters is 2. The van der Waals surface area contributed by atoms with E-state index in [1.165, 1.54) is 13.8 Å². The summed E-state index contributed by atoms with van der Waals surface area (Å²) in [4.78, 5) is 21.5. The largest absolute Gasteiger partial charge is 0.459 e. The first kappa shape index (κ1) is 11.0. The van der Waals surface area contributed by atoms with Crippen LogP contribution in [0.5, 0.6) is 0 Å². The van der Waals surface area contributed by atoms with Gasteiger partial charge in [0.2, 0.25) is 0 Å². The number of carbonyl (C=O) groups is 2. The Kier molecular flexibility index (Phi) is 3.88. The minimum absolute atomic E-state index is 0.308. The van der Waals surface area contributed by atoms with Gasteiger partial charge < -0.3 is 14.8 Å². The van der Waals surface area contributed by atoms with E-state index >= 15 is 0 Å². The van der Waals surface area contributed by atoms with Gasteiger partial charge in [-0.3, -0.25) is 9.59 Å². The van der Waals surface area contributed by atoms with E-state index in [0.717, 1.165) is 6.54 Å². The maximum absolute atomic E-state index is 10.8. The van der Waals surface area contributed by atoms with Crippen LogP contribution in [0.2, 0.25) is 0 Å². The Labute approximate surface area is 82.8 Å². The van der Waals surface area contributed by atoms with Crippen molar-refractivity contribution in [2.75, 3.05) is 13.1 Å². The highest BCUT2D eigenvalue weighted by Gasteiger charge is 2.29. The van der Waals surface area contributed by atoms with Crippen LogP contribution in [0.3, 0.4) is 0 Å². The smallest absolute Gasteiger partial charge is 0.303 e. The van der Waals surface area contributed by atoms with Crippen molar-refractivity contribution in [1.29, 1.82) is 0 Å². The van der Waals surface area contributed by atoms with Crippen LogP contribution >= 0.6 is 0 Å². The van der Waals surface area contributed by atoms with Gasteiger partial charge in [0.05, 0.1) is 0 Å². The van der Waals surface area contributed by atoms with Crippen LogP contribution in [0.4, 0.5) is 0 Å². The molecule has 0 aromatic carbocycles. The van der Waals surface area contributed by atoms with Gasteiger partial charge in [0, 0.05) is 26.8 Å². The Morgan fingerprint density at radius 1 is 1.14 bits per heavy atom. The summed E-state index contributed by atoms with van der Waals surface area (Å²) in [6.45, 7) is 4.01. The van der Waals surface area contributed by atoms with Gasteiger partial charge >= 0.3 is 11.9 Å². The summed E-state index contributed by atoms with van der Waals surface area (Å²) in [5.41, 5.74) is 0. The fraction of sp³-hybridized carbons (Fsp3) is 0.778. The molecule has 1 rings (SSSR count). The van der Waals surface area contributed by atoms with Gasteiger partial charge in [-0.1, -0.05) is 0 Å². The molecule has 0 aliphatic carbocycles. The van der Waals surface area contributed by atoms with E-state index in [9.17, 15) is 9.59 Å². The van der Waals surface area contributed by atoms with E-state index in [1.807, 2.05) is 0 Å². The second kappa shape index (κ2) is 4.95. The van der Waals surface area contributed by atoms with Gasteiger partial charge in [0.15, 0.2) is 6.10 Å². The highest BCUT2D eigenvalue weighted by Crippen LogP contribution is 2.12. The third kappa shape index (κ3) is 3.33. The molecule has 0 bridgehead atoms. The lowest BCUT2D eigenvalue weighted by molar-refractivity contribution is -0.167. The van der Waals surface area contributed by atoms with Gasteiger partial charge in [-0.2, -0.15) is 0 Å². The fourth-order valence-electron chi connectivity index (χ4n) is 1.48. The van der Waals surface area contributed by atoms with Gasteiger partial charge in [-0.05, 0) is 6.54 Å². The van der Waals surface area contributed by atoms with Gasteiger partial charge in [-0.15, -0.1) is 0 Å². The van der Waals surface area contributed by atoms with Gasteiger partial charge in [0.25, 0.3) is 0 Å². The molecule has 0 amide bonds. The molecule has 80 valence electrons. The Morgan fingerprint density at radius 2 is 1.71 bits per heavy atom. The molecule has 1 aliphatic heterocycles. The van der Waals surface area contributed by atoms with Crippen LogP contribution in [0, 0.1) is 0 Å². The highest BCUT2D eigenvalue weighted by molar-refractivity contribution is 5.67. The molecule has 1 saturated heterocycles. The SMILES string of the molecule is CC(=O)O[C@H]1CCNC[C@@H]1OC(C)=O. The zero-order valence-corrected chi connectivity index (χ0v) is 8.41. The normalized spacial score (nSPS) is 26.7. The maximum Gasteiger partial charge on any atom is 0.303 e. The van der Waals surface area contributed by atoms with Crippen molar-refractivity contribution in [3.05, 3.63) is 0 Å². The Morgan fingerprint density at radius 3 is 2.29 bits per heavy atom. The first-order chi connectivity index (χ1) is 6.59. The molecule has 0 aromatic rings. The molecule has 0 aromatic heterocycles. The molecule has 1 heterocycles. The quantitative estimate of drug-likeness (QED) is 0.629. The van der Waals surface area contributed by atoms with Crippen molar-refractivity contribution >= 4 is 11.9 Å². The van der Waals surface area contributed by atoms with Crippen molar-refractivity contribution in [2.24, 2.45) is 0 Å². The monoisotopic (exact) mass is 201 g/mol. The number of hydrogen-bond donors (Lipinski definition) is 1. The van der Waals surface area contributed by atoms with E-state index in [1.54, 1.807) is 0 Å². The van der Waals surface area contributed by atoms with Crippen LogP contribution in [-0.4, -0.2) is 37.2 Å². The van der Waals surface area contributed by atoms with Crippen molar-refractivity contribution in [2.45, 2.75) is 32.5 Å². The molecule has 0 radical (unpaired) electrons. The molecule has 1 fully saturated rings.